The monoisotopic (exact) mass is 523 g/mol. The summed E-state index contributed by atoms with van der Waals surface area (Å²) in [5, 5.41) is 11.7. The number of nitro benzene ring substituents is 1. The maximum absolute atomic E-state index is 11.7. The van der Waals surface area contributed by atoms with Crippen molar-refractivity contribution < 1.29 is 4.92 Å². The van der Waals surface area contributed by atoms with E-state index in [1.807, 2.05) is 12.1 Å². The van der Waals surface area contributed by atoms with Gasteiger partial charge in [-0.2, -0.15) is 0 Å². The molecule has 2 aromatic rings. The summed E-state index contributed by atoms with van der Waals surface area (Å²) in [6, 6.07) is 9.76. The van der Waals surface area contributed by atoms with Gasteiger partial charge in [-0.05, 0) is 66.6 Å². The molecule has 0 atom stereocenters. The Labute approximate surface area is 191 Å². The van der Waals surface area contributed by atoms with E-state index in [1.165, 1.54) is 49.7 Å². The van der Waals surface area contributed by atoms with Crippen molar-refractivity contribution in [3.05, 3.63) is 60.5 Å². The Morgan fingerprint density at radius 1 is 0.793 bits per heavy atom. The van der Waals surface area contributed by atoms with Crippen LogP contribution < -0.4 is 0 Å². The average molecular weight is 525 g/mol. The smallest absolute Gasteiger partial charge is 0.258 e. The van der Waals surface area contributed by atoms with E-state index < -0.39 is 0 Å². The number of hydrogen-bond acceptors (Lipinski definition) is 2. The van der Waals surface area contributed by atoms with Crippen molar-refractivity contribution in [3.8, 4) is 11.1 Å². The molecule has 0 saturated carbocycles. The number of halogens is 2. The third kappa shape index (κ3) is 7.21. The van der Waals surface area contributed by atoms with E-state index in [0.29, 0.717) is 5.56 Å². The molecule has 0 saturated heterocycles. The van der Waals surface area contributed by atoms with Gasteiger partial charge in [0.15, 0.2) is 0 Å². The van der Waals surface area contributed by atoms with Crippen LogP contribution in [-0.4, -0.2) is 4.92 Å². The lowest BCUT2D eigenvalue weighted by atomic mass is 9.91. The van der Waals surface area contributed by atoms with Crippen LogP contribution in [-0.2, 0) is 12.8 Å². The van der Waals surface area contributed by atoms with Gasteiger partial charge >= 0.3 is 0 Å². The fraction of sp³-hybridized carbons (Fsp3) is 0.500. The molecule has 2 aromatic carbocycles. The SMILES string of the molecule is CCCCCCc1cc(-c2ccc(Br)cc2[N+](=O)[O-])c(CCCCCC)cc1Br. The first-order chi connectivity index (χ1) is 14.0. The summed E-state index contributed by atoms with van der Waals surface area (Å²) in [4.78, 5) is 11.5. The highest BCUT2D eigenvalue weighted by atomic mass is 79.9. The average Bonchev–Trinajstić information content (AvgIpc) is 2.70. The normalized spacial score (nSPS) is 11.0. The summed E-state index contributed by atoms with van der Waals surface area (Å²) in [7, 11) is 0. The maximum Gasteiger partial charge on any atom is 0.278 e. The zero-order valence-corrected chi connectivity index (χ0v) is 20.6. The Kier molecular flexibility index (Phi) is 10.4. The van der Waals surface area contributed by atoms with E-state index in [9.17, 15) is 10.1 Å². The van der Waals surface area contributed by atoms with Gasteiger partial charge in [-0.1, -0.05) is 84.2 Å². The van der Waals surface area contributed by atoms with Gasteiger partial charge in [0.1, 0.15) is 0 Å². The highest BCUT2D eigenvalue weighted by Gasteiger charge is 2.20. The maximum atomic E-state index is 11.7. The molecular formula is C24H31Br2NO2. The standard InChI is InChI=1S/C24H31Br2NO2/c1-3-5-7-9-11-18-16-23(26)19(12-10-8-6-4-2)15-22(18)21-14-13-20(25)17-24(21)27(28)29/h13-17H,3-12H2,1-2H3. The minimum absolute atomic E-state index is 0.161. The molecule has 3 nitrogen and oxygen atoms in total. The van der Waals surface area contributed by atoms with Crippen molar-refractivity contribution in [2.24, 2.45) is 0 Å². The van der Waals surface area contributed by atoms with Gasteiger partial charge in [0, 0.05) is 15.0 Å². The van der Waals surface area contributed by atoms with Crippen molar-refractivity contribution in [2.75, 3.05) is 0 Å². The number of aryl methyl sites for hydroxylation is 2. The summed E-state index contributed by atoms with van der Waals surface area (Å²) in [5.74, 6) is 0. The largest absolute Gasteiger partial charge is 0.278 e. The predicted octanol–water partition coefficient (Wildman–Crippen LogP) is 9.03. The second-order valence-electron chi connectivity index (χ2n) is 7.64. The first-order valence-electron chi connectivity index (χ1n) is 10.7. The third-order valence-electron chi connectivity index (χ3n) is 5.32. The van der Waals surface area contributed by atoms with Crippen molar-refractivity contribution in [1.29, 1.82) is 0 Å². The van der Waals surface area contributed by atoms with E-state index in [1.54, 1.807) is 6.07 Å². The van der Waals surface area contributed by atoms with Crippen LogP contribution in [0.15, 0.2) is 39.3 Å². The van der Waals surface area contributed by atoms with Crippen molar-refractivity contribution in [1.82, 2.24) is 0 Å². The third-order valence-corrected chi connectivity index (χ3v) is 6.55. The van der Waals surface area contributed by atoms with Gasteiger partial charge < -0.3 is 0 Å². The Morgan fingerprint density at radius 2 is 1.41 bits per heavy atom. The fourth-order valence-electron chi connectivity index (χ4n) is 3.68. The van der Waals surface area contributed by atoms with E-state index in [2.05, 4.69) is 57.8 Å². The molecule has 0 aliphatic rings. The van der Waals surface area contributed by atoms with Crippen molar-refractivity contribution in [2.45, 2.75) is 78.1 Å². The zero-order chi connectivity index (χ0) is 21.2. The molecule has 29 heavy (non-hydrogen) atoms. The fourth-order valence-corrected chi connectivity index (χ4v) is 4.61. The summed E-state index contributed by atoms with van der Waals surface area (Å²) in [6.45, 7) is 4.43. The van der Waals surface area contributed by atoms with Crippen molar-refractivity contribution in [3.63, 3.8) is 0 Å². The molecule has 0 aromatic heterocycles. The van der Waals surface area contributed by atoms with Crippen LogP contribution >= 0.6 is 31.9 Å². The Hall–Kier alpha value is -1.20. The van der Waals surface area contributed by atoms with Crippen LogP contribution in [0.3, 0.4) is 0 Å². The number of rotatable bonds is 12. The van der Waals surface area contributed by atoms with Crippen LogP contribution in [0, 0.1) is 10.1 Å². The second kappa shape index (κ2) is 12.5. The molecule has 0 radical (unpaired) electrons. The van der Waals surface area contributed by atoms with Crippen LogP contribution in [0.4, 0.5) is 5.69 Å². The summed E-state index contributed by atoms with van der Waals surface area (Å²) < 4.78 is 1.86. The van der Waals surface area contributed by atoms with E-state index >= 15 is 0 Å². The zero-order valence-electron chi connectivity index (χ0n) is 17.5. The molecule has 0 N–H and O–H groups in total. The van der Waals surface area contributed by atoms with Crippen LogP contribution in [0.25, 0.3) is 11.1 Å². The molecule has 0 aliphatic heterocycles. The minimum atomic E-state index is -0.274. The number of nitro groups is 1. The molecule has 0 spiro atoms. The molecule has 0 amide bonds. The van der Waals surface area contributed by atoms with Crippen LogP contribution in [0.2, 0.25) is 0 Å². The van der Waals surface area contributed by atoms with Crippen LogP contribution in [0.1, 0.15) is 76.3 Å². The lowest BCUT2D eigenvalue weighted by Crippen LogP contribution is -1.99. The molecule has 0 aliphatic carbocycles. The van der Waals surface area contributed by atoms with Crippen LogP contribution in [0.5, 0.6) is 0 Å². The molecule has 5 heteroatoms. The Morgan fingerprint density at radius 3 is 2.00 bits per heavy atom. The molecular weight excluding hydrogens is 494 g/mol. The Bertz CT molecular complexity index is 821. The van der Waals surface area contributed by atoms with Gasteiger partial charge in [-0.15, -0.1) is 0 Å². The highest BCUT2D eigenvalue weighted by molar-refractivity contribution is 9.10. The lowest BCUT2D eigenvalue weighted by molar-refractivity contribution is -0.384. The van der Waals surface area contributed by atoms with Gasteiger partial charge in [0.2, 0.25) is 0 Å². The van der Waals surface area contributed by atoms with E-state index in [4.69, 9.17) is 0 Å². The highest BCUT2D eigenvalue weighted by Crippen LogP contribution is 2.38. The summed E-state index contributed by atoms with van der Waals surface area (Å²) >= 11 is 7.14. The second-order valence-corrected chi connectivity index (χ2v) is 9.41. The van der Waals surface area contributed by atoms with Gasteiger partial charge in [-0.3, -0.25) is 10.1 Å². The van der Waals surface area contributed by atoms with Gasteiger partial charge in [0.05, 0.1) is 10.5 Å². The number of benzene rings is 2. The van der Waals surface area contributed by atoms with E-state index in [-0.39, 0.29) is 10.6 Å². The first-order valence-corrected chi connectivity index (χ1v) is 12.3. The van der Waals surface area contributed by atoms with Gasteiger partial charge in [-0.25, -0.2) is 0 Å². The molecule has 0 heterocycles. The first kappa shape index (κ1) is 24.1. The number of hydrogen-bond donors (Lipinski definition) is 0. The molecule has 0 bridgehead atoms. The number of nitrogens with zero attached hydrogens (tertiary/aromatic N) is 1. The quantitative estimate of drug-likeness (QED) is 0.158. The summed E-state index contributed by atoms with van der Waals surface area (Å²) in [5.41, 5.74) is 4.31. The molecule has 0 fully saturated rings. The number of unbranched alkanes of at least 4 members (excludes halogenated alkanes) is 6. The van der Waals surface area contributed by atoms with Crippen molar-refractivity contribution >= 4 is 37.5 Å². The molecule has 158 valence electrons. The topological polar surface area (TPSA) is 43.1 Å². The Balaban J connectivity index is 2.43. The van der Waals surface area contributed by atoms with E-state index in [0.717, 1.165) is 40.2 Å². The molecule has 0 unspecified atom stereocenters. The summed E-state index contributed by atoms with van der Waals surface area (Å²) in [6.07, 6.45) is 11.5. The molecule has 2 rings (SSSR count). The lowest BCUT2D eigenvalue weighted by Gasteiger charge is -2.15. The van der Waals surface area contributed by atoms with Gasteiger partial charge in [0.25, 0.3) is 5.69 Å². The minimum Gasteiger partial charge on any atom is -0.258 e. The predicted molar refractivity (Wildman–Crippen MR) is 130 cm³/mol.